The van der Waals surface area contributed by atoms with Gasteiger partial charge in [0.2, 0.25) is 5.82 Å². The normalized spacial score (nSPS) is 14.9. The van der Waals surface area contributed by atoms with Gasteiger partial charge in [-0.05, 0) is 39.5 Å². The Morgan fingerprint density at radius 3 is 2.74 bits per heavy atom. The van der Waals surface area contributed by atoms with Crippen LogP contribution in [-0.2, 0) is 11.8 Å². The van der Waals surface area contributed by atoms with E-state index < -0.39 is 11.7 Å². The van der Waals surface area contributed by atoms with Crippen LogP contribution in [0.5, 0.6) is 0 Å². The van der Waals surface area contributed by atoms with Gasteiger partial charge in [0, 0.05) is 13.6 Å². The van der Waals surface area contributed by atoms with Gasteiger partial charge in [0.05, 0.1) is 6.33 Å². The molecule has 0 radical (unpaired) electrons. The van der Waals surface area contributed by atoms with Gasteiger partial charge in [0.15, 0.2) is 17.0 Å². The lowest BCUT2D eigenvalue weighted by Crippen LogP contribution is -2.47. The summed E-state index contributed by atoms with van der Waals surface area (Å²) in [5.74, 6) is 0.873. The molecule has 0 spiro atoms. The third-order valence-electron chi connectivity index (χ3n) is 4.44. The number of rotatable bonds is 4. The van der Waals surface area contributed by atoms with Crippen molar-refractivity contribution in [2.75, 3.05) is 11.6 Å². The summed E-state index contributed by atoms with van der Waals surface area (Å²) in [7, 11) is 1.80. The predicted octanol–water partition coefficient (Wildman–Crippen LogP) is 2.67. The van der Waals surface area contributed by atoms with E-state index in [1.54, 1.807) is 23.0 Å². The van der Waals surface area contributed by atoms with Gasteiger partial charge in [-0.15, -0.1) is 0 Å². The van der Waals surface area contributed by atoms with Crippen molar-refractivity contribution in [3.05, 3.63) is 12.2 Å². The van der Waals surface area contributed by atoms with Crippen LogP contribution in [0.1, 0.15) is 52.3 Å². The van der Waals surface area contributed by atoms with E-state index in [1.807, 2.05) is 26.8 Å². The van der Waals surface area contributed by atoms with Crippen LogP contribution < -0.4 is 10.4 Å². The van der Waals surface area contributed by atoms with Crippen molar-refractivity contribution in [3.8, 4) is 6.07 Å². The molecule has 2 heterocycles. The molecule has 9 heteroatoms. The Balaban J connectivity index is 1.97. The number of carbonyl (C=O) groups is 1. The van der Waals surface area contributed by atoms with Crippen LogP contribution in [0.3, 0.4) is 0 Å². The summed E-state index contributed by atoms with van der Waals surface area (Å²) in [5, 5.41) is 11.0. The number of amides is 1. The fourth-order valence-electron chi connectivity index (χ4n) is 3.28. The van der Waals surface area contributed by atoms with E-state index in [4.69, 9.17) is 4.74 Å². The quantitative estimate of drug-likeness (QED) is 0.823. The maximum absolute atomic E-state index is 12.4. The van der Waals surface area contributed by atoms with Crippen LogP contribution in [0.15, 0.2) is 6.33 Å². The predicted molar refractivity (Wildman–Crippen MR) is 99.7 cm³/mol. The summed E-state index contributed by atoms with van der Waals surface area (Å²) in [5.41, 5.74) is 3.25. The van der Waals surface area contributed by atoms with E-state index in [0.717, 1.165) is 12.8 Å². The van der Waals surface area contributed by atoms with Gasteiger partial charge in [-0.1, -0.05) is 12.8 Å². The van der Waals surface area contributed by atoms with Crippen LogP contribution >= 0.6 is 0 Å². The average Bonchev–Trinajstić information content (AvgIpc) is 3.22. The minimum Gasteiger partial charge on any atom is -0.443 e. The monoisotopic (exact) mass is 371 g/mol. The highest BCUT2D eigenvalue weighted by atomic mass is 16.6. The largest absolute Gasteiger partial charge is 0.443 e. The number of anilines is 1. The first-order chi connectivity index (χ1) is 12.8. The lowest BCUT2D eigenvalue weighted by Gasteiger charge is -2.28. The van der Waals surface area contributed by atoms with Gasteiger partial charge in [-0.2, -0.15) is 15.2 Å². The minimum atomic E-state index is -0.618. The van der Waals surface area contributed by atoms with Crippen LogP contribution in [0.2, 0.25) is 0 Å². The van der Waals surface area contributed by atoms with E-state index in [9.17, 15) is 10.1 Å². The van der Waals surface area contributed by atoms with Crippen LogP contribution in [0.4, 0.5) is 10.6 Å². The summed E-state index contributed by atoms with van der Waals surface area (Å²) in [6, 6.07) is 1.98. The van der Waals surface area contributed by atoms with E-state index in [-0.39, 0.29) is 5.82 Å². The van der Waals surface area contributed by atoms with Crippen molar-refractivity contribution < 1.29 is 9.53 Å². The SMILES string of the molecule is Cn1cnc2c(N(CC3CCCC3)NC(=O)OC(C)(C)C)nc(C#N)nc21. The van der Waals surface area contributed by atoms with Gasteiger partial charge >= 0.3 is 6.09 Å². The van der Waals surface area contributed by atoms with Crippen molar-refractivity contribution in [1.29, 1.82) is 5.26 Å². The number of nitrogens with zero attached hydrogens (tertiary/aromatic N) is 6. The Morgan fingerprint density at radius 1 is 1.41 bits per heavy atom. The lowest BCUT2D eigenvalue weighted by molar-refractivity contribution is 0.0518. The molecule has 0 saturated heterocycles. The zero-order valence-electron chi connectivity index (χ0n) is 16.2. The summed E-state index contributed by atoms with van der Waals surface area (Å²) >= 11 is 0. The molecule has 3 rings (SSSR count). The number of ether oxygens (including phenoxy) is 1. The smallest absolute Gasteiger partial charge is 0.426 e. The zero-order valence-corrected chi connectivity index (χ0v) is 16.2. The molecule has 0 aliphatic heterocycles. The molecule has 2 aromatic rings. The topological polar surface area (TPSA) is 109 Å². The molecule has 1 amide bonds. The second-order valence-electron chi connectivity index (χ2n) is 7.89. The van der Waals surface area contributed by atoms with E-state index in [0.29, 0.717) is 29.4 Å². The van der Waals surface area contributed by atoms with Crippen molar-refractivity contribution in [3.63, 3.8) is 0 Å². The highest BCUT2D eigenvalue weighted by molar-refractivity contribution is 5.85. The second-order valence-corrected chi connectivity index (χ2v) is 7.89. The standard InChI is InChI=1S/C18H25N7O2/c1-18(2,3)27-17(26)23-25(10-12-7-5-6-8-12)16-14-15(24(4)11-20-14)21-13(9-19)22-16/h11-12H,5-8,10H2,1-4H3,(H,23,26). The molecular formula is C18H25N7O2. The third kappa shape index (κ3) is 4.45. The summed E-state index contributed by atoms with van der Waals surface area (Å²) in [6.07, 6.45) is 5.59. The maximum Gasteiger partial charge on any atom is 0.426 e. The number of carbonyl (C=O) groups excluding carboxylic acids is 1. The number of nitriles is 1. The molecule has 0 aromatic carbocycles. The molecule has 1 saturated carbocycles. The fourth-order valence-corrected chi connectivity index (χ4v) is 3.28. The second kappa shape index (κ2) is 7.39. The number of hydrogen-bond donors (Lipinski definition) is 1. The Hall–Kier alpha value is -2.89. The van der Waals surface area contributed by atoms with Gasteiger partial charge in [-0.25, -0.2) is 15.2 Å². The fraction of sp³-hybridized carbons (Fsp3) is 0.611. The first kappa shape index (κ1) is 18.9. The average molecular weight is 371 g/mol. The molecule has 144 valence electrons. The maximum atomic E-state index is 12.4. The molecule has 9 nitrogen and oxygen atoms in total. The number of hydrazine groups is 1. The highest BCUT2D eigenvalue weighted by Gasteiger charge is 2.26. The number of nitrogens with one attached hydrogen (secondary N) is 1. The number of hydrogen-bond acceptors (Lipinski definition) is 7. The summed E-state index contributed by atoms with van der Waals surface area (Å²) in [6.45, 7) is 6.00. The van der Waals surface area contributed by atoms with Crippen molar-refractivity contribution in [2.24, 2.45) is 13.0 Å². The van der Waals surface area contributed by atoms with Crippen LogP contribution in [0.25, 0.3) is 11.2 Å². The molecule has 0 bridgehead atoms. The first-order valence-corrected chi connectivity index (χ1v) is 9.13. The minimum absolute atomic E-state index is 0.0310. The van der Waals surface area contributed by atoms with Crippen LogP contribution in [0, 0.1) is 17.2 Å². The van der Waals surface area contributed by atoms with Gasteiger partial charge in [0.25, 0.3) is 0 Å². The Kier molecular flexibility index (Phi) is 5.17. The molecule has 0 atom stereocenters. The van der Waals surface area contributed by atoms with E-state index in [2.05, 4.69) is 20.4 Å². The van der Waals surface area contributed by atoms with E-state index in [1.165, 1.54) is 12.8 Å². The highest BCUT2D eigenvalue weighted by Crippen LogP contribution is 2.28. The molecular weight excluding hydrogens is 346 g/mol. The number of fused-ring (bicyclic) bond motifs is 1. The summed E-state index contributed by atoms with van der Waals surface area (Å²) in [4.78, 5) is 25.3. The Labute approximate surface area is 158 Å². The van der Waals surface area contributed by atoms with Gasteiger partial charge < -0.3 is 9.30 Å². The summed E-state index contributed by atoms with van der Waals surface area (Å²) < 4.78 is 7.13. The van der Waals surface area contributed by atoms with Crippen molar-refractivity contribution in [2.45, 2.75) is 52.1 Å². The molecule has 0 unspecified atom stereocenters. The van der Waals surface area contributed by atoms with E-state index >= 15 is 0 Å². The zero-order chi connectivity index (χ0) is 19.6. The van der Waals surface area contributed by atoms with Gasteiger partial charge in [0.1, 0.15) is 11.7 Å². The first-order valence-electron chi connectivity index (χ1n) is 9.13. The van der Waals surface area contributed by atoms with Crippen molar-refractivity contribution >= 4 is 23.1 Å². The molecule has 27 heavy (non-hydrogen) atoms. The molecule has 1 fully saturated rings. The third-order valence-corrected chi connectivity index (χ3v) is 4.44. The lowest BCUT2D eigenvalue weighted by atomic mass is 10.1. The molecule has 2 aromatic heterocycles. The Morgan fingerprint density at radius 2 is 2.11 bits per heavy atom. The van der Waals surface area contributed by atoms with Crippen molar-refractivity contribution in [1.82, 2.24) is 24.9 Å². The number of imidazole rings is 1. The number of aryl methyl sites for hydroxylation is 1. The molecule has 1 N–H and O–H groups in total. The van der Waals surface area contributed by atoms with Gasteiger partial charge in [-0.3, -0.25) is 5.01 Å². The Bertz CT molecular complexity index is 872. The molecule has 1 aliphatic carbocycles. The van der Waals surface area contributed by atoms with Crippen LogP contribution in [-0.4, -0.2) is 37.8 Å². The number of aromatic nitrogens is 4. The molecule has 1 aliphatic rings.